The number of hydrogen-bond acceptors (Lipinski definition) is 4. The monoisotopic (exact) mass is 458 g/mol. The molecule has 3 unspecified atom stereocenters. The van der Waals surface area contributed by atoms with Gasteiger partial charge in [0.15, 0.2) is 0 Å². The molecule has 0 saturated carbocycles. The molecule has 0 bridgehead atoms. The number of aliphatic hydroxyl groups excluding tert-OH is 1. The summed E-state index contributed by atoms with van der Waals surface area (Å²) >= 11 is 0. The first-order valence-electron chi connectivity index (χ1n) is 12.6. The van der Waals surface area contributed by atoms with Crippen molar-refractivity contribution in [3.8, 4) is 5.75 Å². The fourth-order valence-corrected chi connectivity index (χ4v) is 5.47. The summed E-state index contributed by atoms with van der Waals surface area (Å²) in [6.45, 7) is 4.05. The fourth-order valence-electron chi connectivity index (χ4n) is 5.47. The standard InChI is InChI=1S/C30H38N2O2/c1-3-10-22-15-16-27(34-2)26(19-22)21-31-29-25(17-18-33)20-32-30(29)28(23-11-6-4-7-12-23)24-13-8-5-9-14-24/h4-9,11-16,19,25,28-33H,3,10,17-18,20-21H2,1-2H3. The number of hydrogen-bond donors (Lipinski definition) is 3. The average Bonchev–Trinajstić information content (AvgIpc) is 3.26. The first-order valence-corrected chi connectivity index (χ1v) is 12.6. The lowest BCUT2D eigenvalue weighted by molar-refractivity contribution is 0.241. The molecule has 4 nitrogen and oxygen atoms in total. The van der Waals surface area contributed by atoms with Crippen molar-refractivity contribution in [2.75, 3.05) is 20.3 Å². The molecule has 4 rings (SSSR count). The molecule has 0 amide bonds. The molecule has 0 aromatic heterocycles. The van der Waals surface area contributed by atoms with Gasteiger partial charge in [-0.05, 0) is 48.1 Å². The Kier molecular flexibility index (Phi) is 8.75. The SMILES string of the molecule is CCCc1ccc(OC)c(CNC2C(CCO)CNC2C(c2ccccc2)c2ccccc2)c1. The number of nitrogens with one attached hydrogen (secondary N) is 2. The maximum absolute atomic E-state index is 9.79. The van der Waals surface area contributed by atoms with Gasteiger partial charge in [0.25, 0.3) is 0 Å². The van der Waals surface area contributed by atoms with Crippen LogP contribution in [0.1, 0.15) is 47.9 Å². The molecular formula is C30H38N2O2. The summed E-state index contributed by atoms with van der Waals surface area (Å²) in [6, 6.07) is 28.5. The van der Waals surface area contributed by atoms with Gasteiger partial charge in [0, 0.05) is 36.7 Å². The predicted molar refractivity (Wildman–Crippen MR) is 139 cm³/mol. The van der Waals surface area contributed by atoms with Crippen LogP contribution in [-0.4, -0.2) is 37.5 Å². The van der Waals surface area contributed by atoms with E-state index in [0.29, 0.717) is 5.92 Å². The van der Waals surface area contributed by atoms with Crippen LogP contribution in [-0.2, 0) is 13.0 Å². The molecule has 0 spiro atoms. The van der Waals surface area contributed by atoms with Crippen LogP contribution in [0.4, 0.5) is 0 Å². The minimum absolute atomic E-state index is 0.202. The van der Waals surface area contributed by atoms with E-state index >= 15 is 0 Å². The van der Waals surface area contributed by atoms with Crippen LogP contribution in [0.25, 0.3) is 0 Å². The highest BCUT2D eigenvalue weighted by atomic mass is 16.5. The lowest BCUT2D eigenvalue weighted by Gasteiger charge is -2.32. The van der Waals surface area contributed by atoms with Crippen LogP contribution in [0.5, 0.6) is 5.75 Å². The van der Waals surface area contributed by atoms with E-state index in [9.17, 15) is 5.11 Å². The maximum atomic E-state index is 9.79. The molecule has 180 valence electrons. The van der Waals surface area contributed by atoms with Gasteiger partial charge in [0.2, 0.25) is 0 Å². The Labute approximate surface area is 204 Å². The average molecular weight is 459 g/mol. The van der Waals surface area contributed by atoms with Gasteiger partial charge in [-0.3, -0.25) is 0 Å². The highest BCUT2D eigenvalue weighted by molar-refractivity contribution is 5.38. The Morgan fingerprint density at radius 3 is 2.26 bits per heavy atom. The van der Waals surface area contributed by atoms with E-state index in [2.05, 4.69) is 96.4 Å². The summed E-state index contributed by atoms with van der Waals surface area (Å²) < 4.78 is 5.69. The van der Waals surface area contributed by atoms with E-state index in [-0.39, 0.29) is 24.6 Å². The lowest BCUT2D eigenvalue weighted by atomic mass is 9.80. The van der Waals surface area contributed by atoms with Crippen molar-refractivity contribution in [1.29, 1.82) is 0 Å². The topological polar surface area (TPSA) is 53.5 Å². The molecule has 3 aromatic carbocycles. The van der Waals surface area contributed by atoms with Crippen LogP contribution in [0.15, 0.2) is 78.9 Å². The van der Waals surface area contributed by atoms with Gasteiger partial charge in [-0.15, -0.1) is 0 Å². The summed E-state index contributed by atoms with van der Waals surface area (Å²) in [7, 11) is 1.74. The van der Waals surface area contributed by atoms with E-state index < -0.39 is 0 Å². The lowest BCUT2D eigenvalue weighted by Crippen LogP contribution is -2.46. The molecule has 1 heterocycles. The fraction of sp³-hybridized carbons (Fsp3) is 0.400. The van der Waals surface area contributed by atoms with Gasteiger partial charge in [0.1, 0.15) is 5.75 Å². The first-order chi connectivity index (χ1) is 16.7. The van der Waals surface area contributed by atoms with Crippen molar-refractivity contribution in [2.24, 2.45) is 5.92 Å². The first kappa shape index (κ1) is 24.5. The van der Waals surface area contributed by atoms with Gasteiger partial charge < -0.3 is 20.5 Å². The van der Waals surface area contributed by atoms with Gasteiger partial charge >= 0.3 is 0 Å². The summed E-state index contributed by atoms with van der Waals surface area (Å²) in [6.07, 6.45) is 2.98. The van der Waals surface area contributed by atoms with Gasteiger partial charge in [-0.2, -0.15) is 0 Å². The van der Waals surface area contributed by atoms with Crippen molar-refractivity contribution in [1.82, 2.24) is 10.6 Å². The molecule has 0 radical (unpaired) electrons. The smallest absolute Gasteiger partial charge is 0.123 e. The Bertz CT molecular complexity index is 969. The number of ether oxygens (including phenoxy) is 1. The highest BCUT2D eigenvalue weighted by Crippen LogP contribution is 2.35. The number of methoxy groups -OCH3 is 1. The minimum atomic E-state index is 0.202. The predicted octanol–water partition coefficient (Wildman–Crippen LogP) is 4.91. The largest absolute Gasteiger partial charge is 0.496 e. The third kappa shape index (κ3) is 5.69. The second-order valence-corrected chi connectivity index (χ2v) is 9.31. The zero-order valence-corrected chi connectivity index (χ0v) is 20.4. The third-order valence-corrected chi connectivity index (χ3v) is 7.10. The Hall–Kier alpha value is -2.66. The third-order valence-electron chi connectivity index (χ3n) is 7.10. The second-order valence-electron chi connectivity index (χ2n) is 9.31. The van der Waals surface area contributed by atoms with E-state index in [0.717, 1.165) is 38.1 Å². The normalized spacial score (nSPS) is 20.1. The molecule has 34 heavy (non-hydrogen) atoms. The minimum Gasteiger partial charge on any atom is -0.496 e. The second kappa shape index (κ2) is 12.2. The zero-order chi connectivity index (χ0) is 23.8. The van der Waals surface area contributed by atoms with Crippen molar-refractivity contribution in [3.05, 3.63) is 101 Å². The molecular weight excluding hydrogens is 420 g/mol. The zero-order valence-electron chi connectivity index (χ0n) is 20.4. The van der Waals surface area contributed by atoms with Crippen LogP contribution < -0.4 is 15.4 Å². The molecule has 3 aromatic rings. The maximum Gasteiger partial charge on any atom is 0.123 e. The van der Waals surface area contributed by atoms with Crippen LogP contribution in [0.2, 0.25) is 0 Å². The van der Waals surface area contributed by atoms with Crippen molar-refractivity contribution >= 4 is 0 Å². The Morgan fingerprint density at radius 1 is 1.00 bits per heavy atom. The van der Waals surface area contributed by atoms with Crippen LogP contribution >= 0.6 is 0 Å². The van der Waals surface area contributed by atoms with Gasteiger partial charge in [0.05, 0.1) is 7.11 Å². The van der Waals surface area contributed by atoms with Crippen molar-refractivity contribution < 1.29 is 9.84 Å². The quantitative estimate of drug-likeness (QED) is 0.382. The molecule has 0 aliphatic carbocycles. The molecule has 3 atom stereocenters. The van der Waals surface area contributed by atoms with Crippen molar-refractivity contribution in [2.45, 2.75) is 50.7 Å². The van der Waals surface area contributed by atoms with Crippen LogP contribution in [0.3, 0.4) is 0 Å². The Balaban J connectivity index is 1.64. The van der Waals surface area contributed by atoms with E-state index in [1.807, 2.05) is 0 Å². The number of rotatable bonds is 11. The molecule has 3 N–H and O–H groups in total. The Morgan fingerprint density at radius 2 is 1.68 bits per heavy atom. The van der Waals surface area contributed by atoms with E-state index in [1.165, 1.54) is 22.3 Å². The molecule has 4 heteroatoms. The van der Waals surface area contributed by atoms with E-state index in [4.69, 9.17) is 4.74 Å². The molecule has 1 saturated heterocycles. The highest BCUT2D eigenvalue weighted by Gasteiger charge is 2.40. The summed E-state index contributed by atoms with van der Waals surface area (Å²) in [5.74, 6) is 1.50. The van der Waals surface area contributed by atoms with Crippen molar-refractivity contribution in [3.63, 3.8) is 0 Å². The molecule has 1 aliphatic rings. The summed E-state index contributed by atoms with van der Waals surface area (Å²) in [4.78, 5) is 0. The number of aryl methyl sites for hydroxylation is 1. The van der Waals surface area contributed by atoms with Gasteiger partial charge in [-0.25, -0.2) is 0 Å². The number of aliphatic hydroxyl groups is 1. The summed E-state index contributed by atoms with van der Waals surface area (Å²) in [5.41, 5.74) is 5.16. The van der Waals surface area contributed by atoms with E-state index in [1.54, 1.807) is 7.11 Å². The molecule has 1 aliphatic heterocycles. The molecule has 1 fully saturated rings. The number of benzene rings is 3. The van der Waals surface area contributed by atoms with Gasteiger partial charge in [-0.1, -0.05) is 86.1 Å². The van der Waals surface area contributed by atoms with Crippen LogP contribution in [0, 0.1) is 5.92 Å². The summed E-state index contributed by atoms with van der Waals surface area (Å²) in [5, 5.41) is 17.5.